The Morgan fingerprint density at radius 3 is 2.33 bits per heavy atom. The molecule has 0 saturated heterocycles. The van der Waals surface area contributed by atoms with Crippen molar-refractivity contribution in [1.29, 1.82) is 0 Å². The molecule has 162 valence electrons. The molecule has 0 bridgehead atoms. The summed E-state index contributed by atoms with van der Waals surface area (Å²) in [5.74, 6) is -0.984. The van der Waals surface area contributed by atoms with Crippen LogP contribution in [0.25, 0.3) is 0 Å². The van der Waals surface area contributed by atoms with E-state index in [4.69, 9.17) is 20.8 Å². The molecule has 0 unspecified atom stereocenters. The molecule has 30 heavy (non-hydrogen) atoms. The monoisotopic (exact) mass is 435 g/mol. The van der Waals surface area contributed by atoms with E-state index in [0.29, 0.717) is 11.4 Å². The topological polar surface area (TPSA) is 110 Å². The average molecular weight is 436 g/mol. The fourth-order valence-corrected chi connectivity index (χ4v) is 2.69. The van der Waals surface area contributed by atoms with Crippen LogP contribution in [-0.2, 0) is 9.53 Å². The molecule has 8 nitrogen and oxygen atoms in total. The molecule has 0 spiro atoms. The lowest BCUT2D eigenvalue weighted by atomic mass is 10.0. The first-order valence-corrected chi connectivity index (χ1v) is 9.79. The summed E-state index contributed by atoms with van der Waals surface area (Å²) in [5, 5.41) is 8.09. The minimum absolute atomic E-state index is 0.148. The fraction of sp³-hybridized carbons (Fsp3) is 0.381. The molecule has 1 aromatic heterocycles. The predicted molar refractivity (Wildman–Crippen MR) is 115 cm³/mol. The Morgan fingerprint density at radius 2 is 1.80 bits per heavy atom. The summed E-state index contributed by atoms with van der Waals surface area (Å²) in [4.78, 5) is 36.8. The van der Waals surface area contributed by atoms with E-state index in [1.165, 1.54) is 18.4 Å². The number of carbonyl (C=O) groups excluding carboxylic acids is 3. The molecule has 2 rings (SSSR count). The minimum atomic E-state index is -0.813. The molecule has 1 heterocycles. The van der Waals surface area contributed by atoms with Gasteiger partial charge in [0.25, 0.3) is 5.91 Å². The van der Waals surface area contributed by atoms with Crippen molar-refractivity contribution in [1.82, 2.24) is 5.32 Å². The van der Waals surface area contributed by atoms with Crippen LogP contribution in [0.3, 0.4) is 0 Å². The molecule has 0 aliphatic carbocycles. The molecule has 3 N–H and O–H groups in total. The number of hydrogen-bond donors (Lipinski definition) is 3. The predicted octanol–water partition coefficient (Wildman–Crippen LogP) is 4.67. The molecule has 1 atom stereocenters. The maximum absolute atomic E-state index is 12.4. The Balaban J connectivity index is 2.01. The lowest BCUT2D eigenvalue weighted by molar-refractivity contribution is -0.158. The first-order chi connectivity index (χ1) is 14.0. The SMILES string of the molecule is CC(C)[C@H](NC(=O)Nc1ccc(NC(=O)c2ccco2)c(Cl)c1)C(=O)OC(C)(C)C. The van der Waals surface area contributed by atoms with Gasteiger partial charge in [-0.25, -0.2) is 9.59 Å². The smallest absolute Gasteiger partial charge is 0.329 e. The molecule has 0 radical (unpaired) electrons. The van der Waals surface area contributed by atoms with Crippen LogP contribution in [0.5, 0.6) is 0 Å². The summed E-state index contributed by atoms with van der Waals surface area (Å²) in [7, 11) is 0. The Morgan fingerprint density at radius 1 is 1.10 bits per heavy atom. The summed E-state index contributed by atoms with van der Waals surface area (Å²) in [6.07, 6.45) is 1.39. The van der Waals surface area contributed by atoms with Gasteiger partial charge >= 0.3 is 12.0 Å². The van der Waals surface area contributed by atoms with Crippen molar-refractivity contribution < 1.29 is 23.5 Å². The third-order valence-corrected chi connectivity index (χ3v) is 4.15. The fourth-order valence-electron chi connectivity index (χ4n) is 2.46. The van der Waals surface area contributed by atoms with Gasteiger partial charge in [0.15, 0.2) is 5.76 Å². The summed E-state index contributed by atoms with van der Waals surface area (Å²) in [6, 6.07) is 6.34. The van der Waals surface area contributed by atoms with E-state index < -0.39 is 29.6 Å². The number of benzene rings is 1. The van der Waals surface area contributed by atoms with Crippen LogP contribution in [-0.4, -0.2) is 29.6 Å². The van der Waals surface area contributed by atoms with Gasteiger partial charge in [0.05, 0.1) is 17.0 Å². The highest BCUT2D eigenvalue weighted by Gasteiger charge is 2.29. The van der Waals surface area contributed by atoms with Crippen LogP contribution in [0.1, 0.15) is 45.2 Å². The van der Waals surface area contributed by atoms with E-state index in [9.17, 15) is 14.4 Å². The van der Waals surface area contributed by atoms with Crippen molar-refractivity contribution in [3.05, 3.63) is 47.4 Å². The third kappa shape index (κ3) is 6.81. The number of carbonyl (C=O) groups is 3. The standard InChI is InChI=1S/C21H26ClN3O5/c1-12(2)17(19(27)30-21(3,4)5)25-20(28)23-13-8-9-15(14(22)11-13)24-18(26)16-7-6-10-29-16/h6-12,17H,1-5H3,(H,24,26)(H2,23,25,28)/t17-/m0/s1. The quantitative estimate of drug-likeness (QED) is 0.571. The first kappa shape index (κ1) is 23.3. The van der Waals surface area contributed by atoms with E-state index in [0.717, 1.165) is 0 Å². The number of urea groups is 1. The molecule has 3 amide bonds. The number of rotatable bonds is 6. The highest BCUT2D eigenvalue weighted by molar-refractivity contribution is 6.34. The number of furan rings is 1. The molecule has 0 aliphatic rings. The normalized spacial score (nSPS) is 12.2. The Hall–Kier alpha value is -3.00. The van der Waals surface area contributed by atoms with E-state index in [2.05, 4.69) is 16.0 Å². The Labute approximate surface area is 180 Å². The van der Waals surface area contributed by atoms with Crippen molar-refractivity contribution in [3.63, 3.8) is 0 Å². The number of esters is 1. The lowest BCUT2D eigenvalue weighted by Gasteiger charge is -2.26. The van der Waals surface area contributed by atoms with Crippen molar-refractivity contribution in [3.8, 4) is 0 Å². The minimum Gasteiger partial charge on any atom is -0.459 e. The van der Waals surface area contributed by atoms with Crippen molar-refractivity contribution in [2.24, 2.45) is 5.92 Å². The highest BCUT2D eigenvalue weighted by Crippen LogP contribution is 2.26. The Kier molecular flexibility index (Phi) is 7.50. The Bertz CT molecular complexity index is 904. The van der Waals surface area contributed by atoms with Crippen molar-refractivity contribution >= 4 is 40.9 Å². The number of ether oxygens (including phenoxy) is 1. The zero-order valence-electron chi connectivity index (χ0n) is 17.5. The summed E-state index contributed by atoms with van der Waals surface area (Å²) in [6.45, 7) is 8.90. The first-order valence-electron chi connectivity index (χ1n) is 9.41. The van der Waals surface area contributed by atoms with Gasteiger partial charge in [-0.1, -0.05) is 25.4 Å². The zero-order valence-corrected chi connectivity index (χ0v) is 18.3. The molecule has 0 aliphatic heterocycles. The molecule has 2 aromatic rings. The van der Waals surface area contributed by atoms with Gasteiger partial charge in [-0.05, 0) is 57.0 Å². The molecule has 0 saturated carbocycles. The maximum atomic E-state index is 12.4. The summed E-state index contributed by atoms with van der Waals surface area (Å²) < 4.78 is 10.4. The van der Waals surface area contributed by atoms with Crippen molar-refractivity contribution in [2.75, 3.05) is 10.6 Å². The van der Waals surface area contributed by atoms with Crippen molar-refractivity contribution in [2.45, 2.75) is 46.3 Å². The second-order valence-corrected chi connectivity index (χ2v) is 8.39. The van der Waals surface area contributed by atoms with Gasteiger partial charge in [0, 0.05) is 5.69 Å². The summed E-state index contributed by atoms with van der Waals surface area (Å²) in [5.41, 5.74) is 0.0873. The van der Waals surface area contributed by atoms with Gasteiger partial charge in [0.2, 0.25) is 0 Å². The second-order valence-electron chi connectivity index (χ2n) is 7.98. The van der Waals surface area contributed by atoms with E-state index in [1.54, 1.807) is 39.0 Å². The number of anilines is 2. The molecule has 0 fully saturated rings. The van der Waals surface area contributed by atoms with Crippen LogP contribution in [0, 0.1) is 5.92 Å². The van der Waals surface area contributed by atoms with Crippen LogP contribution in [0.2, 0.25) is 5.02 Å². The summed E-state index contributed by atoms with van der Waals surface area (Å²) >= 11 is 6.21. The number of amides is 3. The molecular formula is C21H26ClN3O5. The molecule has 1 aromatic carbocycles. The van der Waals surface area contributed by atoms with E-state index in [1.807, 2.05) is 13.8 Å². The van der Waals surface area contributed by atoms with Gasteiger partial charge in [-0.2, -0.15) is 0 Å². The number of hydrogen-bond acceptors (Lipinski definition) is 5. The average Bonchev–Trinajstić information content (AvgIpc) is 3.15. The lowest BCUT2D eigenvalue weighted by Crippen LogP contribution is -2.48. The van der Waals surface area contributed by atoms with Crippen LogP contribution < -0.4 is 16.0 Å². The van der Waals surface area contributed by atoms with Crippen LogP contribution in [0.15, 0.2) is 41.0 Å². The van der Waals surface area contributed by atoms with Gasteiger partial charge in [0.1, 0.15) is 11.6 Å². The largest absolute Gasteiger partial charge is 0.459 e. The number of nitrogens with one attached hydrogen (secondary N) is 3. The molecular weight excluding hydrogens is 410 g/mol. The van der Waals surface area contributed by atoms with Crippen LogP contribution >= 0.6 is 11.6 Å². The zero-order chi connectivity index (χ0) is 22.5. The third-order valence-electron chi connectivity index (χ3n) is 3.83. The number of halogens is 1. The van der Waals surface area contributed by atoms with E-state index >= 15 is 0 Å². The van der Waals surface area contributed by atoms with Gasteiger partial charge in [-0.15, -0.1) is 0 Å². The van der Waals surface area contributed by atoms with Crippen LogP contribution in [0.4, 0.5) is 16.2 Å². The van der Waals surface area contributed by atoms with E-state index in [-0.39, 0.29) is 16.7 Å². The van der Waals surface area contributed by atoms with Gasteiger partial charge < -0.3 is 25.1 Å². The van der Waals surface area contributed by atoms with Gasteiger partial charge in [-0.3, -0.25) is 4.79 Å². The highest BCUT2D eigenvalue weighted by atomic mass is 35.5. The maximum Gasteiger partial charge on any atom is 0.329 e. The molecule has 9 heteroatoms. The second kappa shape index (κ2) is 9.67.